The highest BCUT2D eigenvalue weighted by Gasteiger charge is 2.24. The van der Waals surface area contributed by atoms with Crippen molar-refractivity contribution < 1.29 is 4.79 Å². The maximum absolute atomic E-state index is 11.0. The second-order valence-corrected chi connectivity index (χ2v) is 4.55. The summed E-state index contributed by atoms with van der Waals surface area (Å²) in [6.07, 6.45) is 7.90. The van der Waals surface area contributed by atoms with Crippen LogP contribution >= 0.6 is 0 Å². The van der Waals surface area contributed by atoms with Crippen molar-refractivity contribution in [2.45, 2.75) is 38.3 Å². The van der Waals surface area contributed by atoms with E-state index in [9.17, 15) is 4.79 Å². The Hall–Kier alpha value is -1.29. The third kappa shape index (κ3) is 2.85. The molecule has 4 N–H and O–H groups in total. The molecule has 1 amide bonds. The number of primary amides is 1. The smallest absolute Gasteiger partial charge is 0.220 e. The molecule has 1 aromatic heterocycles. The molecule has 4 nitrogen and oxygen atoms in total. The maximum atomic E-state index is 11.0. The summed E-state index contributed by atoms with van der Waals surface area (Å²) >= 11 is 0. The molecule has 1 saturated carbocycles. The van der Waals surface area contributed by atoms with Crippen LogP contribution in [0.2, 0.25) is 0 Å². The molecular formula is C12H19N3O. The molecule has 1 fully saturated rings. The van der Waals surface area contributed by atoms with Gasteiger partial charge in [-0.1, -0.05) is 0 Å². The molecule has 0 spiro atoms. The first-order valence-corrected chi connectivity index (χ1v) is 5.90. The summed E-state index contributed by atoms with van der Waals surface area (Å²) in [5.74, 6) is -0.0330. The number of carbonyl (C=O) groups is 1. The van der Waals surface area contributed by atoms with Crippen molar-refractivity contribution in [2.24, 2.45) is 11.7 Å². The van der Waals surface area contributed by atoms with Crippen LogP contribution in [0.1, 0.15) is 31.2 Å². The van der Waals surface area contributed by atoms with Gasteiger partial charge in [0.05, 0.1) is 0 Å². The van der Waals surface area contributed by atoms with Gasteiger partial charge in [-0.25, -0.2) is 0 Å². The molecule has 0 bridgehead atoms. The minimum atomic E-state index is -0.135. The van der Waals surface area contributed by atoms with E-state index in [0.717, 1.165) is 32.2 Å². The Morgan fingerprint density at radius 3 is 2.75 bits per heavy atom. The molecule has 0 radical (unpaired) electrons. The summed E-state index contributed by atoms with van der Waals surface area (Å²) in [7, 11) is 0. The average molecular weight is 221 g/mol. The lowest BCUT2D eigenvalue weighted by Gasteiger charge is -2.27. The van der Waals surface area contributed by atoms with Gasteiger partial charge in [-0.2, -0.15) is 0 Å². The molecule has 1 heterocycles. The molecule has 0 unspecified atom stereocenters. The van der Waals surface area contributed by atoms with Crippen LogP contribution in [0.3, 0.4) is 0 Å². The van der Waals surface area contributed by atoms with Crippen molar-refractivity contribution in [1.29, 1.82) is 0 Å². The van der Waals surface area contributed by atoms with Crippen molar-refractivity contribution in [1.82, 2.24) is 10.3 Å². The number of hydrogen-bond acceptors (Lipinski definition) is 2. The van der Waals surface area contributed by atoms with E-state index in [0.29, 0.717) is 6.04 Å². The minimum Gasteiger partial charge on any atom is -0.369 e. The average Bonchev–Trinajstić information content (AvgIpc) is 2.80. The van der Waals surface area contributed by atoms with Crippen LogP contribution in [0, 0.1) is 5.92 Å². The molecule has 0 atom stereocenters. The van der Waals surface area contributed by atoms with Gasteiger partial charge in [0, 0.05) is 30.9 Å². The fraction of sp³-hybridized carbons (Fsp3) is 0.583. The van der Waals surface area contributed by atoms with Crippen molar-refractivity contribution in [3.8, 4) is 0 Å². The topological polar surface area (TPSA) is 70.9 Å². The van der Waals surface area contributed by atoms with E-state index in [1.54, 1.807) is 0 Å². The van der Waals surface area contributed by atoms with Crippen LogP contribution in [-0.2, 0) is 11.3 Å². The van der Waals surface area contributed by atoms with Crippen molar-refractivity contribution in [3.63, 3.8) is 0 Å². The fourth-order valence-electron chi connectivity index (χ4n) is 2.31. The van der Waals surface area contributed by atoms with Crippen LogP contribution in [0.15, 0.2) is 18.5 Å². The molecule has 1 aliphatic rings. The molecule has 0 saturated heterocycles. The second kappa shape index (κ2) is 5.16. The molecule has 1 aliphatic carbocycles. The molecule has 88 valence electrons. The number of H-pyrrole nitrogens is 1. The van der Waals surface area contributed by atoms with E-state index in [2.05, 4.69) is 16.4 Å². The van der Waals surface area contributed by atoms with Crippen LogP contribution in [0.4, 0.5) is 0 Å². The highest BCUT2D eigenvalue weighted by molar-refractivity contribution is 5.76. The van der Waals surface area contributed by atoms with E-state index in [1.165, 1.54) is 5.56 Å². The van der Waals surface area contributed by atoms with E-state index in [1.807, 2.05) is 12.4 Å². The lowest BCUT2D eigenvalue weighted by atomic mass is 9.85. The van der Waals surface area contributed by atoms with Gasteiger partial charge >= 0.3 is 0 Å². The van der Waals surface area contributed by atoms with Crippen LogP contribution < -0.4 is 11.1 Å². The number of nitrogens with two attached hydrogens (primary N) is 1. The van der Waals surface area contributed by atoms with Gasteiger partial charge in [0.15, 0.2) is 0 Å². The number of hydrogen-bond donors (Lipinski definition) is 3. The van der Waals surface area contributed by atoms with E-state index in [4.69, 9.17) is 5.73 Å². The lowest BCUT2D eigenvalue weighted by molar-refractivity contribution is -0.122. The normalized spacial score (nSPS) is 25.5. The standard InChI is InChI=1S/C12H19N3O/c13-12(16)10-1-3-11(4-2-10)15-8-9-5-6-14-7-9/h5-7,10-11,14-15H,1-4,8H2,(H2,13,16). The summed E-state index contributed by atoms with van der Waals surface area (Å²) in [5.41, 5.74) is 6.58. The van der Waals surface area contributed by atoms with Crippen LogP contribution in [0.5, 0.6) is 0 Å². The summed E-state index contributed by atoms with van der Waals surface area (Å²) < 4.78 is 0. The predicted octanol–water partition coefficient (Wildman–Crippen LogP) is 1.15. The number of amides is 1. The quantitative estimate of drug-likeness (QED) is 0.713. The third-order valence-corrected chi connectivity index (χ3v) is 3.39. The van der Waals surface area contributed by atoms with Gasteiger partial charge in [0.1, 0.15) is 0 Å². The molecule has 1 aromatic rings. The maximum Gasteiger partial charge on any atom is 0.220 e. The Bertz CT molecular complexity index is 326. The molecule has 16 heavy (non-hydrogen) atoms. The predicted molar refractivity (Wildman–Crippen MR) is 62.6 cm³/mol. The zero-order valence-corrected chi connectivity index (χ0v) is 9.41. The van der Waals surface area contributed by atoms with Crippen LogP contribution in [0.25, 0.3) is 0 Å². The zero-order valence-electron chi connectivity index (χ0n) is 9.41. The summed E-state index contributed by atoms with van der Waals surface area (Å²) in [4.78, 5) is 14.0. The molecular weight excluding hydrogens is 202 g/mol. The summed E-state index contributed by atoms with van der Waals surface area (Å²) in [6, 6.07) is 2.60. The first-order valence-electron chi connectivity index (χ1n) is 5.90. The molecule has 0 aliphatic heterocycles. The number of rotatable bonds is 4. The second-order valence-electron chi connectivity index (χ2n) is 4.55. The van der Waals surface area contributed by atoms with Crippen molar-refractivity contribution in [3.05, 3.63) is 24.0 Å². The Kier molecular flexibility index (Phi) is 3.62. The van der Waals surface area contributed by atoms with E-state index < -0.39 is 0 Å². The van der Waals surface area contributed by atoms with Gasteiger partial charge in [-0.05, 0) is 37.3 Å². The van der Waals surface area contributed by atoms with Gasteiger partial charge in [0.25, 0.3) is 0 Å². The zero-order chi connectivity index (χ0) is 11.4. The lowest BCUT2D eigenvalue weighted by Crippen LogP contribution is -2.36. The SMILES string of the molecule is NC(=O)C1CCC(NCc2cc[nH]c2)CC1. The van der Waals surface area contributed by atoms with Crippen molar-refractivity contribution in [2.75, 3.05) is 0 Å². The monoisotopic (exact) mass is 221 g/mol. The number of aromatic amines is 1. The first-order chi connectivity index (χ1) is 7.75. The number of nitrogens with one attached hydrogen (secondary N) is 2. The molecule has 4 heteroatoms. The largest absolute Gasteiger partial charge is 0.369 e. The summed E-state index contributed by atoms with van der Waals surface area (Å²) in [5, 5.41) is 3.51. The van der Waals surface area contributed by atoms with Crippen molar-refractivity contribution >= 4 is 5.91 Å². The Morgan fingerprint density at radius 2 is 2.19 bits per heavy atom. The van der Waals surface area contributed by atoms with Gasteiger partial charge in [-0.15, -0.1) is 0 Å². The third-order valence-electron chi connectivity index (χ3n) is 3.39. The van der Waals surface area contributed by atoms with Crippen LogP contribution in [-0.4, -0.2) is 16.9 Å². The molecule has 2 rings (SSSR count). The molecule has 0 aromatic carbocycles. The Morgan fingerprint density at radius 1 is 1.44 bits per heavy atom. The van der Waals surface area contributed by atoms with Gasteiger partial charge < -0.3 is 16.0 Å². The number of carbonyl (C=O) groups excluding carboxylic acids is 1. The Labute approximate surface area is 95.6 Å². The Balaban J connectivity index is 1.71. The highest BCUT2D eigenvalue weighted by atomic mass is 16.1. The van der Waals surface area contributed by atoms with E-state index in [-0.39, 0.29) is 11.8 Å². The van der Waals surface area contributed by atoms with Gasteiger partial charge in [-0.3, -0.25) is 4.79 Å². The summed E-state index contributed by atoms with van der Waals surface area (Å²) in [6.45, 7) is 0.898. The first kappa shape index (κ1) is 11.2. The minimum absolute atomic E-state index is 0.102. The van der Waals surface area contributed by atoms with Gasteiger partial charge in [0.2, 0.25) is 5.91 Å². The van der Waals surface area contributed by atoms with E-state index >= 15 is 0 Å². The highest BCUT2D eigenvalue weighted by Crippen LogP contribution is 2.24. The number of aromatic nitrogens is 1. The fourth-order valence-corrected chi connectivity index (χ4v) is 2.31.